The average Bonchev–Trinajstić information content (AvgIpc) is 2.44. The third kappa shape index (κ3) is 2.98. The Kier molecular flexibility index (Phi) is 4.70. The molecule has 20 heavy (non-hydrogen) atoms. The fourth-order valence-corrected chi connectivity index (χ4v) is 2.68. The zero-order chi connectivity index (χ0) is 14.6. The molecule has 1 heterocycles. The van der Waals surface area contributed by atoms with E-state index in [9.17, 15) is 13.6 Å². The molecule has 0 saturated carbocycles. The maximum atomic E-state index is 13.8. The molecule has 2 rings (SSSR count). The number of benzene rings is 1. The van der Waals surface area contributed by atoms with Gasteiger partial charge in [0.2, 0.25) is 0 Å². The molecule has 1 fully saturated rings. The van der Waals surface area contributed by atoms with E-state index in [2.05, 4.69) is 5.32 Å². The van der Waals surface area contributed by atoms with Crippen LogP contribution in [0.1, 0.15) is 25.3 Å². The van der Waals surface area contributed by atoms with Crippen molar-refractivity contribution >= 4 is 5.97 Å². The molecule has 3 nitrogen and oxygen atoms in total. The molecular weight excluding hydrogens is 264 g/mol. The number of nitrogens with one attached hydrogen (secondary N) is 1. The summed E-state index contributed by atoms with van der Waals surface area (Å²) in [5.74, 6) is -1.57. The molecule has 1 aromatic rings. The lowest BCUT2D eigenvalue weighted by molar-refractivity contribution is -0.157. The fraction of sp³-hybridized carbons (Fsp3) is 0.533. The first-order chi connectivity index (χ1) is 9.59. The lowest BCUT2D eigenvalue weighted by atomic mass is 9.74. The van der Waals surface area contributed by atoms with Gasteiger partial charge in [-0.3, -0.25) is 4.79 Å². The Labute approximate surface area is 117 Å². The van der Waals surface area contributed by atoms with Crippen LogP contribution in [0.2, 0.25) is 0 Å². The molecule has 0 bridgehead atoms. The maximum Gasteiger partial charge on any atom is 0.312 e. The highest BCUT2D eigenvalue weighted by molar-refractivity contribution is 5.77. The number of piperidine rings is 1. The largest absolute Gasteiger partial charge is 0.466 e. The minimum Gasteiger partial charge on any atom is -0.466 e. The van der Waals surface area contributed by atoms with Crippen LogP contribution < -0.4 is 5.32 Å². The molecule has 0 aromatic heterocycles. The van der Waals surface area contributed by atoms with Gasteiger partial charge in [0.1, 0.15) is 11.6 Å². The van der Waals surface area contributed by atoms with Crippen LogP contribution in [-0.2, 0) is 16.0 Å². The topological polar surface area (TPSA) is 38.3 Å². The van der Waals surface area contributed by atoms with Crippen LogP contribution >= 0.6 is 0 Å². The molecule has 1 aliphatic heterocycles. The Hall–Kier alpha value is -1.49. The highest BCUT2D eigenvalue weighted by Crippen LogP contribution is 2.35. The molecule has 0 unspecified atom stereocenters. The Morgan fingerprint density at radius 3 is 2.45 bits per heavy atom. The highest BCUT2D eigenvalue weighted by atomic mass is 19.1. The summed E-state index contributed by atoms with van der Waals surface area (Å²) >= 11 is 0. The molecule has 0 radical (unpaired) electrons. The van der Waals surface area contributed by atoms with Crippen molar-refractivity contribution in [2.45, 2.75) is 26.2 Å². The first kappa shape index (κ1) is 14.9. The van der Waals surface area contributed by atoms with Gasteiger partial charge < -0.3 is 10.1 Å². The zero-order valence-corrected chi connectivity index (χ0v) is 11.5. The van der Waals surface area contributed by atoms with Crippen LogP contribution in [0.4, 0.5) is 8.78 Å². The molecule has 1 N–H and O–H groups in total. The summed E-state index contributed by atoms with van der Waals surface area (Å²) in [5.41, 5.74) is -0.855. The molecule has 5 heteroatoms. The molecule has 0 spiro atoms. The second-order valence-electron chi connectivity index (χ2n) is 5.13. The van der Waals surface area contributed by atoms with Gasteiger partial charge in [-0.05, 0) is 51.4 Å². The highest BCUT2D eigenvalue weighted by Gasteiger charge is 2.42. The predicted octanol–water partition coefficient (Wildman–Crippen LogP) is 2.44. The van der Waals surface area contributed by atoms with Gasteiger partial charge in [-0.15, -0.1) is 0 Å². The number of carbonyl (C=O) groups is 1. The summed E-state index contributed by atoms with van der Waals surface area (Å²) in [6.07, 6.45) is 1.10. The summed E-state index contributed by atoms with van der Waals surface area (Å²) in [6, 6.07) is 3.77. The van der Waals surface area contributed by atoms with E-state index < -0.39 is 17.0 Å². The standard InChI is InChI=1S/C15H19F2NO2/c1-2-20-14(19)15(6-8-18-9-7-15)10-11-12(16)4-3-5-13(11)17/h3-5,18H,2,6-10H2,1H3. The van der Waals surface area contributed by atoms with Crippen LogP contribution in [0, 0.1) is 17.0 Å². The molecule has 110 valence electrons. The van der Waals surface area contributed by atoms with Crippen LogP contribution in [0.3, 0.4) is 0 Å². The number of hydrogen-bond acceptors (Lipinski definition) is 3. The minimum atomic E-state index is -0.829. The van der Waals surface area contributed by atoms with Gasteiger partial charge in [0.15, 0.2) is 0 Å². The Morgan fingerprint density at radius 1 is 1.30 bits per heavy atom. The lowest BCUT2D eigenvalue weighted by Crippen LogP contribution is -2.45. The average molecular weight is 283 g/mol. The van der Waals surface area contributed by atoms with Gasteiger partial charge in [-0.1, -0.05) is 6.07 Å². The molecule has 0 atom stereocenters. The van der Waals surface area contributed by atoms with Crippen molar-refractivity contribution in [3.63, 3.8) is 0 Å². The molecule has 0 aliphatic carbocycles. The zero-order valence-electron chi connectivity index (χ0n) is 11.5. The normalized spacial score (nSPS) is 17.8. The fourth-order valence-electron chi connectivity index (χ4n) is 2.68. The van der Waals surface area contributed by atoms with Crippen molar-refractivity contribution < 1.29 is 18.3 Å². The van der Waals surface area contributed by atoms with Crippen molar-refractivity contribution in [3.8, 4) is 0 Å². The number of esters is 1. The van der Waals surface area contributed by atoms with Crippen molar-refractivity contribution in [2.24, 2.45) is 5.41 Å². The van der Waals surface area contributed by atoms with Crippen molar-refractivity contribution in [1.82, 2.24) is 5.32 Å². The Balaban J connectivity index is 2.30. The monoisotopic (exact) mass is 283 g/mol. The molecular formula is C15H19F2NO2. The van der Waals surface area contributed by atoms with Crippen LogP contribution in [0.5, 0.6) is 0 Å². The summed E-state index contributed by atoms with van der Waals surface area (Å²) < 4.78 is 32.8. The summed E-state index contributed by atoms with van der Waals surface area (Å²) in [4.78, 5) is 12.3. The van der Waals surface area contributed by atoms with E-state index in [-0.39, 0.29) is 24.6 Å². The number of ether oxygens (including phenoxy) is 1. The lowest BCUT2D eigenvalue weighted by Gasteiger charge is -2.35. The predicted molar refractivity (Wildman–Crippen MR) is 71.2 cm³/mol. The van der Waals surface area contributed by atoms with Gasteiger partial charge in [0, 0.05) is 5.56 Å². The SMILES string of the molecule is CCOC(=O)C1(Cc2c(F)cccc2F)CCNCC1. The van der Waals surface area contributed by atoms with E-state index in [1.165, 1.54) is 18.2 Å². The summed E-state index contributed by atoms with van der Waals surface area (Å²) in [5, 5.41) is 3.16. The van der Waals surface area contributed by atoms with E-state index in [4.69, 9.17) is 4.74 Å². The van der Waals surface area contributed by atoms with Crippen LogP contribution in [-0.4, -0.2) is 25.7 Å². The third-order valence-corrected chi connectivity index (χ3v) is 3.85. The van der Waals surface area contributed by atoms with Gasteiger partial charge in [0.25, 0.3) is 0 Å². The van der Waals surface area contributed by atoms with E-state index in [0.717, 1.165) is 0 Å². The van der Waals surface area contributed by atoms with E-state index in [1.54, 1.807) is 6.92 Å². The van der Waals surface area contributed by atoms with Crippen LogP contribution in [0.25, 0.3) is 0 Å². The summed E-state index contributed by atoms with van der Waals surface area (Å²) in [6.45, 7) is 3.30. The van der Waals surface area contributed by atoms with Gasteiger partial charge in [0.05, 0.1) is 12.0 Å². The van der Waals surface area contributed by atoms with Crippen molar-refractivity contribution in [3.05, 3.63) is 35.4 Å². The number of hydrogen-bond donors (Lipinski definition) is 1. The first-order valence-electron chi connectivity index (χ1n) is 6.90. The van der Waals surface area contributed by atoms with Gasteiger partial charge in [-0.25, -0.2) is 8.78 Å². The molecule has 1 saturated heterocycles. The number of rotatable bonds is 4. The summed E-state index contributed by atoms with van der Waals surface area (Å²) in [7, 11) is 0. The van der Waals surface area contributed by atoms with E-state index >= 15 is 0 Å². The van der Waals surface area contributed by atoms with Crippen molar-refractivity contribution in [1.29, 1.82) is 0 Å². The molecule has 1 aromatic carbocycles. The molecule has 0 amide bonds. The quantitative estimate of drug-likeness (QED) is 0.863. The maximum absolute atomic E-state index is 13.8. The molecule has 1 aliphatic rings. The minimum absolute atomic E-state index is 0.0255. The van der Waals surface area contributed by atoms with E-state index in [0.29, 0.717) is 25.9 Å². The van der Waals surface area contributed by atoms with Crippen LogP contribution in [0.15, 0.2) is 18.2 Å². The Bertz CT molecular complexity index is 465. The Morgan fingerprint density at radius 2 is 1.90 bits per heavy atom. The van der Waals surface area contributed by atoms with Gasteiger partial charge in [-0.2, -0.15) is 0 Å². The first-order valence-corrected chi connectivity index (χ1v) is 6.90. The number of carbonyl (C=O) groups excluding carboxylic acids is 1. The smallest absolute Gasteiger partial charge is 0.312 e. The van der Waals surface area contributed by atoms with Crippen molar-refractivity contribution in [2.75, 3.05) is 19.7 Å². The number of halogens is 2. The van der Waals surface area contributed by atoms with E-state index in [1.807, 2.05) is 0 Å². The third-order valence-electron chi connectivity index (χ3n) is 3.85. The second kappa shape index (κ2) is 6.31. The second-order valence-corrected chi connectivity index (χ2v) is 5.13. The van der Waals surface area contributed by atoms with Gasteiger partial charge >= 0.3 is 5.97 Å².